The summed E-state index contributed by atoms with van der Waals surface area (Å²) in [5.74, 6) is 1.36. The molecule has 1 saturated heterocycles. The number of hydrogen-bond acceptors (Lipinski definition) is 6. The molecule has 2 N–H and O–H groups in total. The van der Waals surface area contributed by atoms with Crippen LogP contribution in [0.25, 0.3) is 0 Å². The van der Waals surface area contributed by atoms with Gasteiger partial charge in [-0.05, 0) is 30.5 Å². The van der Waals surface area contributed by atoms with E-state index < -0.39 is 6.10 Å². The Labute approximate surface area is 186 Å². The maximum Gasteiger partial charge on any atom is 0.220 e. The number of carbonyl (C=O) groups excluding carboxylic acids is 1. The van der Waals surface area contributed by atoms with Gasteiger partial charge in [0.1, 0.15) is 13.2 Å². The average Bonchev–Trinajstić information content (AvgIpc) is 2.81. The number of hydrogen-bond donors (Lipinski definition) is 2. The smallest absolute Gasteiger partial charge is 0.220 e. The molecule has 3 rings (SSSR count). The monoisotopic (exact) mass is 434 g/mol. The van der Waals surface area contributed by atoms with Gasteiger partial charge < -0.3 is 24.6 Å². The van der Waals surface area contributed by atoms with Gasteiger partial charge in [-0.25, -0.2) is 0 Å². The quantitative estimate of drug-likeness (QED) is 0.492. The van der Waals surface area contributed by atoms with Crippen molar-refractivity contribution in [2.45, 2.75) is 64.0 Å². The molecule has 0 aromatic heterocycles. The van der Waals surface area contributed by atoms with Crippen LogP contribution in [-0.4, -0.2) is 68.0 Å². The molecule has 1 aromatic carbocycles. The highest BCUT2D eigenvalue weighted by molar-refractivity contribution is 5.76. The number of nitrogens with one attached hydrogen (secondary N) is 1. The molecule has 0 aliphatic carbocycles. The van der Waals surface area contributed by atoms with E-state index >= 15 is 0 Å². The van der Waals surface area contributed by atoms with E-state index in [1.165, 1.54) is 19.3 Å². The molecule has 7 nitrogen and oxygen atoms in total. The Morgan fingerprint density at radius 3 is 2.58 bits per heavy atom. The Morgan fingerprint density at radius 1 is 1.06 bits per heavy atom. The second kappa shape index (κ2) is 12.9. The van der Waals surface area contributed by atoms with Crippen LogP contribution in [0.4, 0.5) is 0 Å². The number of amides is 1. The Morgan fingerprint density at radius 2 is 1.81 bits per heavy atom. The minimum absolute atomic E-state index is 0.0140. The lowest BCUT2D eigenvalue weighted by Gasteiger charge is -2.31. The van der Waals surface area contributed by atoms with Gasteiger partial charge in [0.05, 0.1) is 25.4 Å². The molecule has 174 valence electrons. The van der Waals surface area contributed by atoms with Crippen molar-refractivity contribution >= 4 is 5.91 Å². The third-order valence-corrected chi connectivity index (χ3v) is 6.00. The molecule has 2 atom stereocenters. The standard InChI is InChI=1S/C24H38N2O5/c1-2-3-4-5-6-7-23(27)25-20(10-11-26-12-14-29-15-13-26)24(28)19-8-9-21-22(18-19)31-17-16-30-21/h8-9,18,20,24,28H,2-7,10-17H2,1H3,(H,25,27). The van der Waals surface area contributed by atoms with Crippen molar-refractivity contribution in [2.75, 3.05) is 46.1 Å². The summed E-state index contributed by atoms with van der Waals surface area (Å²) in [4.78, 5) is 14.9. The topological polar surface area (TPSA) is 80.3 Å². The summed E-state index contributed by atoms with van der Waals surface area (Å²) < 4.78 is 16.7. The van der Waals surface area contributed by atoms with Crippen molar-refractivity contribution in [3.05, 3.63) is 23.8 Å². The Kier molecular flexibility index (Phi) is 9.90. The first kappa shape index (κ1) is 23.8. The molecule has 1 fully saturated rings. The molecule has 2 unspecified atom stereocenters. The number of aliphatic hydroxyl groups excluding tert-OH is 1. The lowest BCUT2D eigenvalue weighted by atomic mass is 9.98. The normalized spacial score (nSPS) is 18.4. The highest BCUT2D eigenvalue weighted by Gasteiger charge is 2.25. The molecule has 31 heavy (non-hydrogen) atoms. The number of carbonyl (C=O) groups is 1. The van der Waals surface area contributed by atoms with Gasteiger partial charge in [0.25, 0.3) is 0 Å². The summed E-state index contributed by atoms with van der Waals surface area (Å²) in [6.07, 6.45) is 5.92. The van der Waals surface area contributed by atoms with E-state index in [4.69, 9.17) is 14.2 Å². The molecule has 2 heterocycles. The molecule has 2 aliphatic rings. The fourth-order valence-corrected chi connectivity index (χ4v) is 4.10. The van der Waals surface area contributed by atoms with Gasteiger partial charge in [0.15, 0.2) is 11.5 Å². The lowest BCUT2D eigenvalue weighted by Crippen LogP contribution is -2.44. The molecule has 0 bridgehead atoms. The van der Waals surface area contributed by atoms with Crippen LogP contribution in [-0.2, 0) is 9.53 Å². The van der Waals surface area contributed by atoms with Crippen LogP contribution in [0.2, 0.25) is 0 Å². The summed E-state index contributed by atoms with van der Waals surface area (Å²) in [5, 5.41) is 14.3. The second-order valence-corrected chi connectivity index (χ2v) is 8.43. The average molecular weight is 435 g/mol. The molecule has 7 heteroatoms. The van der Waals surface area contributed by atoms with Crippen LogP contribution in [0, 0.1) is 0 Å². The van der Waals surface area contributed by atoms with E-state index in [1.807, 2.05) is 18.2 Å². The van der Waals surface area contributed by atoms with E-state index in [2.05, 4.69) is 17.1 Å². The number of aliphatic hydroxyl groups is 1. The maximum absolute atomic E-state index is 12.6. The summed E-state index contributed by atoms with van der Waals surface area (Å²) >= 11 is 0. The van der Waals surface area contributed by atoms with Crippen molar-refractivity contribution < 1.29 is 24.1 Å². The van der Waals surface area contributed by atoms with E-state index in [0.29, 0.717) is 37.6 Å². The minimum Gasteiger partial charge on any atom is -0.486 e. The number of nitrogens with zero attached hydrogens (tertiary/aromatic N) is 1. The molecular weight excluding hydrogens is 396 g/mol. The van der Waals surface area contributed by atoms with Crippen molar-refractivity contribution in [2.24, 2.45) is 0 Å². The summed E-state index contributed by atoms with van der Waals surface area (Å²) in [6.45, 7) is 7.28. The van der Waals surface area contributed by atoms with Crippen LogP contribution in [0.15, 0.2) is 18.2 Å². The van der Waals surface area contributed by atoms with Gasteiger partial charge in [-0.1, -0.05) is 38.7 Å². The second-order valence-electron chi connectivity index (χ2n) is 8.43. The first-order valence-corrected chi connectivity index (χ1v) is 11.8. The summed E-state index contributed by atoms with van der Waals surface area (Å²) in [6, 6.07) is 5.17. The maximum atomic E-state index is 12.6. The van der Waals surface area contributed by atoms with Gasteiger partial charge in [0, 0.05) is 26.1 Å². The van der Waals surface area contributed by atoms with Crippen molar-refractivity contribution in [3.63, 3.8) is 0 Å². The Hall–Kier alpha value is -1.83. The van der Waals surface area contributed by atoms with Gasteiger partial charge in [-0.2, -0.15) is 0 Å². The van der Waals surface area contributed by atoms with Crippen LogP contribution >= 0.6 is 0 Å². The predicted molar refractivity (Wildman–Crippen MR) is 120 cm³/mol. The number of unbranched alkanes of at least 4 members (excludes halogenated alkanes) is 4. The highest BCUT2D eigenvalue weighted by Crippen LogP contribution is 2.33. The van der Waals surface area contributed by atoms with Gasteiger partial charge >= 0.3 is 0 Å². The van der Waals surface area contributed by atoms with E-state index in [-0.39, 0.29) is 11.9 Å². The largest absolute Gasteiger partial charge is 0.486 e. The number of rotatable bonds is 12. The van der Waals surface area contributed by atoms with Gasteiger partial charge in [-0.15, -0.1) is 0 Å². The first-order valence-electron chi connectivity index (χ1n) is 11.8. The molecule has 1 amide bonds. The van der Waals surface area contributed by atoms with Crippen molar-refractivity contribution in [1.29, 1.82) is 0 Å². The molecule has 0 radical (unpaired) electrons. The fraction of sp³-hybridized carbons (Fsp3) is 0.708. The van der Waals surface area contributed by atoms with Crippen molar-refractivity contribution in [3.8, 4) is 11.5 Å². The van der Waals surface area contributed by atoms with Crippen LogP contribution < -0.4 is 14.8 Å². The zero-order valence-corrected chi connectivity index (χ0v) is 18.8. The lowest BCUT2D eigenvalue weighted by molar-refractivity contribution is -0.123. The fourth-order valence-electron chi connectivity index (χ4n) is 4.10. The summed E-state index contributed by atoms with van der Waals surface area (Å²) in [5.41, 5.74) is 0.736. The SMILES string of the molecule is CCCCCCCC(=O)NC(CCN1CCOCC1)C(O)c1ccc2c(c1)OCCO2. The molecule has 1 aromatic rings. The molecule has 2 aliphatic heterocycles. The molecule has 0 spiro atoms. The highest BCUT2D eigenvalue weighted by atomic mass is 16.6. The van der Waals surface area contributed by atoms with Crippen LogP contribution in [0.5, 0.6) is 11.5 Å². The zero-order chi connectivity index (χ0) is 21.9. The van der Waals surface area contributed by atoms with E-state index in [9.17, 15) is 9.90 Å². The first-order chi connectivity index (χ1) is 15.2. The zero-order valence-electron chi connectivity index (χ0n) is 18.8. The van der Waals surface area contributed by atoms with Gasteiger partial charge in [-0.3, -0.25) is 9.69 Å². The van der Waals surface area contributed by atoms with Crippen molar-refractivity contribution in [1.82, 2.24) is 10.2 Å². The minimum atomic E-state index is -0.805. The van der Waals surface area contributed by atoms with E-state index in [1.54, 1.807) is 0 Å². The van der Waals surface area contributed by atoms with E-state index in [0.717, 1.165) is 51.3 Å². The summed E-state index contributed by atoms with van der Waals surface area (Å²) in [7, 11) is 0. The van der Waals surface area contributed by atoms with Gasteiger partial charge in [0.2, 0.25) is 5.91 Å². The third kappa shape index (κ3) is 7.66. The Balaban J connectivity index is 1.60. The third-order valence-electron chi connectivity index (χ3n) is 6.00. The number of fused-ring (bicyclic) bond motifs is 1. The van der Waals surface area contributed by atoms with Crippen LogP contribution in [0.3, 0.4) is 0 Å². The Bertz CT molecular complexity index is 678. The van der Waals surface area contributed by atoms with Crippen LogP contribution in [0.1, 0.15) is 63.5 Å². The number of benzene rings is 1. The number of morpholine rings is 1. The number of ether oxygens (including phenoxy) is 3. The molecule has 0 saturated carbocycles. The molecular formula is C24H38N2O5. The predicted octanol–water partition coefficient (Wildman–Crippen LogP) is 3.06.